The van der Waals surface area contributed by atoms with Gasteiger partial charge in [-0.15, -0.1) is 0 Å². The lowest BCUT2D eigenvalue weighted by molar-refractivity contribution is 0.242. The summed E-state index contributed by atoms with van der Waals surface area (Å²) in [6.45, 7) is 2.56. The Kier molecular flexibility index (Phi) is 5.13. The van der Waals surface area contributed by atoms with Crippen LogP contribution in [0, 0.1) is 11.3 Å². The fourth-order valence-corrected chi connectivity index (χ4v) is 3.76. The monoisotopic (exact) mass is 405 g/mol. The molecule has 1 aromatic carbocycles. The molecule has 0 atom stereocenters. The quantitative estimate of drug-likeness (QED) is 0.514. The van der Waals surface area contributed by atoms with Gasteiger partial charge in [0.15, 0.2) is 5.82 Å². The Morgan fingerprint density at radius 2 is 1.87 bits per heavy atom. The third-order valence-corrected chi connectivity index (χ3v) is 5.35. The molecule has 0 radical (unpaired) electrons. The molecule has 4 heterocycles. The Labute approximate surface area is 180 Å². The minimum Gasteiger partial charge on any atom is -0.294 e. The van der Waals surface area contributed by atoms with Crippen molar-refractivity contribution in [2.45, 2.75) is 19.5 Å². The lowest BCUT2D eigenvalue weighted by atomic mass is 10.1. The standard InChI is InChI=1S/C24H19N7/c25-9-17-2-1-3-19(8-17)22-5-4-18(10-28-22)14-31-7-6-23-21(15-31)13-29-24(30-23)20-11-26-16-27-12-20/h1-5,8,10-13,16H,6-7,14-15H2. The first kappa shape index (κ1) is 19.0. The second kappa shape index (κ2) is 8.38. The molecule has 150 valence electrons. The van der Waals surface area contributed by atoms with E-state index in [-0.39, 0.29) is 0 Å². The Bertz CT molecular complexity index is 1250. The summed E-state index contributed by atoms with van der Waals surface area (Å²) in [5.41, 5.74) is 6.70. The molecule has 0 amide bonds. The summed E-state index contributed by atoms with van der Waals surface area (Å²) in [6.07, 6.45) is 9.68. The van der Waals surface area contributed by atoms with Gasteiger partial charge in [0.1, 0.15) is 6.33 Å². The summed E-state index contributed by atoms with van der Waals surface area (Å²) in [6, 6.07) is 13.8. The van der Waals surface area contributed by atoms with E-state index in [0.717, 1.165) is 59.7 Å². The van der Waals surface area contributed by atoms with Gasteiger partial charge < -0.3 is 0 Å². The lowest BCUT2D eigenvalue weighted by Gasteiger charge is -2.28. The summed E-state index contributed by atoms with van der Waals surface area (Å²) in [4.78, 5) is 24.3. The number of nitrogens with zero attached hydrogens (tertiary/aromatic N) is 7. The molecule has 4 aromatic rings. The molecule has 7 nitrogen and oxygen atoms in total. The van der Waals surface area contributed by atoms with Crippen molar-refractivity contribution >= 4 is 0 Å². The molecule has 0 bridgehead atoms. The number of hydrogen-bond acceptors (Lipinski definition) is 7. The lowest BCUT2D eigenvalue weighted by Crippen LogP contribution is -2.31. The zero-order valence-corrected chi connectivity index (χ0v) is 16.8. The van der Waals surface area contributed by atoms with E-state index in [1.165, 1.54) is 6.33 Å². The van der Waals surface area contributed by atoms with Crippen molar-refractivity contribution in [1.29, 1.82) is 5.26 Å². The van der Waals surface area contributed by atoms with Crippen LogP contribution in [-0.2, 0) is 19.5 Å². The van der Waals surface area contributed by atoms with Crippen molar-refractivity contribution in [3.63, 3.8) is 0 Å². The van der Waals surface area contributed by atoms with Crippen LogP contribution in [0.15, 0.2) is 67.5 Å². The maximum Gasteiger partial charge on any atom is 0.162 e. The van der Waals surface area contributed by atoms with Gasteiger partial charge in [0.25, 0.3) is 0 Å². The maximum absolute atomic E-state index is 9.09. The van der Waals surface area contributed by atoms with Gasteiger partial charge in [0.05, 0.1) is 28.6 Å². The van der Waals surface area contributed by atoms with Gasteiger partial charge >= 0.3 is 0 Å². The van der Waals surface area contributed by atoms with Gasteiger partial charge in [-0.25, -0.2) is 19.9 Å². The van der Waals surface area contributed by atoms with Crippen molar-refractivity contribution in [3.8, 4) is 28.7 Å². The molecule has 0 unspecified atom stereocenters. The smallest absolute Gasteiger partial charge is 0.162 e. The number of nitriles is 1. The van der Waals surface area contributed by atoms with E-state index < -0.39 is 0 Å². The predicted molar refractivity (Wildman–Crippen MR) is 115 cm³/mol. The van der Waals surface area contributed by atoms with Crippen LogP contribution in [0.2, 0.25) is 0 Å². The Morgan fingerprint density at radius 1 is 0.968 bits per heavy atom. The Morgan fingerprint density at radius 3 is 2.68 bits per heavy atom. The Hall–Kier alpha value is -4.02. The normalized spacial score (nSPS) is 13.4. The van der Waals surface area contributed by atoms with Crippen LogP contribution < -0.4 is 0 Å². The molecule has 5 rings (SSSR count). The first-order valence-corrected chi connectivity index (χ1v) is 10.1. The predicted octanol–water partition coefficient (Wildman–Crippen LogP) is 3.43. The molecule has 7 heteroatoms. The molecule has 1 aliphatic heterocycles. The molecule has 31 heavy (non-hydrogen) atoms. The minimum absolute atomic E-state index is 0.639. The molecular formula is C24H19N7. The van der Waals surface area contributed by atoms with Crippen molar-refractivity contribution in [2.75, 3.05) is 6.54 Å². The van der Waals surface area contributed by atoms with Gasteiger partial charge in [0.2, 0.25) is 0 Å². The van der Waals surface area contributed by atoms with Crippen LogP contribution in [0.3, 0.4) is 0 Å². The van der Waals surface area contributed by atoms with Gasteiger partial charge in [-0.1, -0.05) is 18.2 Å². The summed E-state index contributed by atoms with van der Waals surface area (Å²) >= 11 is 0. The average molecular weight is 405 g/mol. The number of fused-ring (bicyclic) bond motifs is 1. The second-order valence-corrected chi connectivity index (χ2v) is 7.50. The maximum atomic E-state index is 9.09. The highest BCUT2D eigenvalue weighted by Crippen LogP contribution is 2.23. The molecule has 3 aromatic heterocycles. The van der Waals surface area contributed by atoms with Crippen LogP contribution in [0.25, 0.3) is 22.6 Å². The summed E-state index contributed by atoms with van der Waals surface area (Å²) in [7, 11) is 0. The molecular weight excluding hydrogens is 386 g/mol. The molecule has 1 aliphatic rings. The third-order valence-electron chi connectivity index (χ3n) is 5.35. The van der Waals surface area contributed by atoms with Gasteiger partial charge in [-0.05, 0) is 23.8 Å². The van der Waals surface area contributed by atoms with Gasteiger partial charge in [-0.2, -0.15) is 5.26 Å². The zero-order valence-electron chi connectivity index (χ0n) is 16.8. The fraction of sp³-hybridized carbons (Fsp3) is 0.167. The summed E-state index contributed by atoms with van der Waals surface area (Å²) < 4.78 is 0. The number of pyridine rings is 1. The summed E-state index contributed by atoms with van der Waals surface area (Å²) in [5.74, 6) is 0.674. The van der Waals surface area contributed by atoms with Crippen LogP contribution in [-0.4, -0.2) is 36.4 Å². The van der Waals surface area contributed by atoms with Crippen molar-refractivity contribution in [3.05, 3.63) is 89.9 Å². The molecule has 0 saturated carbocycles. The van der Waals surface area contributed by atoms with Crippen LogP contribution in [0.5, 0.6) is 0 Å². The third kappa shape index (κ3) is 4.15. The highest BCUT2D eigenvalue weighted by molar-refractivity contribution is 5.61. The summed E-state index contributed by atoms with van der Waals surface area (Å²) in [5, 5.41) is 9.09. The number of benzene rings is 1. The van der Waals surface area contributed by atoms with E-state index in [0.29, 0.717) is 11.4 Å². The van der Waals surface area contributed by atoms with E-state index in [9.17, 15) is 0 Å². The Balaban J connectivity index is 1.27. The largest absolute Gasteiger partial charge is 0.294 e. The van der Waals surface area contributed by atoms with Crippen LogP contribution >= 0.6 is 0 Å². The highest BCUT2D eigenvalue weighted by Gasteiger charge is 2.19. The van der Waals surface area contributed by atoms with E-state index in [2.05, 4.69) is 37.0 Å². The van der Waals surface area contributed by atoms with Crippen LogP contribution in [0.1, 0.15) is 22.4 Å². The average Bonchev–Trinajstić information content (AvgIpc) is 2.85. The first-order chi connectivity index (χ1) is 15.3. The van der Waals surface area contributed by atoms with E-state index >= 15 is 0 Å². The van der Waals surface area contributed by atoms with E-state index in [4.69, 9.17) is 10.2 Å². The minimum atomic E-state index is 0.639. The number of rotatable bonds is 4. The van der Waals surface area contributed by atoms with Crippen molar-refractivity contribution < 1.29 is 0 Å². The first-order valence-electron chi connectivity index (χ1n) is 10.1. The van der Waals surface area contributed by atoms with E-state index in [1.54, 1.807) is 18.5 Å². The molecule has 0 aliphatic carbocycles. The van der Waals surface area contributed by atoms with E-state index in [1.807, 2.05) is 36.7 Å². The van der Waals surface area contributed by atoms with Crippen molar-refractivity contribution in [1.82, 2.24) is 29.8 Å². The van der Waals surface area contributed by atoms with Crippen molar-refractivity contribution in [2.24, 2.45) is 0 Å². The van der Waals surface area contributed by atoms with Gasteiger partial charge in [-0.3, -0.25) is 9.88 Å². The second-order valence-electron chi connectivity index (χ2n) is 7.50. The fourth-order valence-electron chi connectivity index (χ4n) is 3.76. The topological polar surface area (TPSA) is 91.5 Å². The highest BCUT2D eigenvalue weighted by atomic mass is 15.1. The van der Waals surface area contributed by atoms with Gasteiger partial charge in [0, 0.05) is 62.0 Å². The molecule has 0 fully saturated rings. The SMILES string of the molecule is N#Cc1cccc(-c2ccc(CN3CCc4nc(-c5cncnc5)ncc4C3)cn2)c1. The number of aromatic nitrogens is 5. The molecule has 0 saturated heterocycles. The van der Waals surface area contributed by atoms with Crippen LogP contribution in [0.4, 0.5) is 0 Å². The molecule has 0 N–H and O–H groups in total. The molecule has 0 spiro atoms. The zero-order chi connectivity index (χ0) is 21.0. The number of hydrogen-bond donors (Lipinski definition) is 0.